The van der Waals surface area contributed by atoms with E-state index in [1.165, 1.54) is 36.0 Å². The van der Waals surface area contributed by atoms with E-state index in [2.05, 4.69) is 54.6 Å². The third-order valence-corrected chi connectivity index (χ3v) is 8.89. The summed E-state index contributed by atoms with van der Waals surface area (Å²) in [5.41, 5.74) is 0.962. The maximum absolute atomic E-state index is 13.8. The number of carbonyl (C=O) groups excluding carboxylic acids is 1. The number of halogens is 2. The molecule has 40 heavy (non-hydrogen) atoms. The van der Waals surface area contributed by atoms with Crippen molar-refractivity contribution in [1.82, 2.24) is 15.6 Å². The summed E-state index contributed by atoms with van der Waals surface area (Å²) in [6.45, 7) is 7.94. The maximum atomic E-state index is 13.8. The third kappa shape index (κ3) is 7.13. The van der Waals surface area contributed by atoms with Crippen molar-refractivity contribution in [2.75, 3.05) is 6.54 Å². The second-order valence-electron chi connectivity index (χ2n) is 12.0. The average Bonchev–Trinajstić information content (AvgIpc) is 3.43. The molecule has 1 aliphatic rings. The molecule has 1 fully saturated rings. The second-order valence-corrected chi connectivity index (χ2v) is 12.9. The molecule has 3 aromatic rings. The topological polar surface area (TPSA) is 94.5 Å². The molecule has 1 aromatic heterocycles. The van der Waals surface area contributed by atoms with E-state index in [0.29, 0.717) is 36.3 Å². The van der Waals surface area contributed by atoms with Crippen LogP contribution in [-0.4, -0.2) is 39.8 Å². The first-order valence-electron chi connectivity index (χ1n) is 13.7. The van der Waals surface area contributed by atoms with Gasteiger partial charge in [0, 0.05) is 36.7 Å². The molecule has 2 atom stereocenters. The van der Waals surface area contributed by atoms with Gasteiger partial charge in [0.2, 0.25) is 5.91 Å². The minimum absolute atomic E-state index is 0.0629. The van der Waals surface area contributed by atoms with E-state index < -0.39 is 34.9 Å². The lowest BCUT2D eigenvalue weighted by atomic mass is 9.70. The van der Waals surface area contributed by atoms with Crippen LogP contribution in [0.2, 0.25) is 0 Å². The summed E-state index contributed by atoms with van der Waals surface area (Å²) in [5.74, 6) is -1.77. The Morgan fingerprint density at radius 3 is 2.35 bits per heavy atom. The quantitative estimate of drug-likeness (QED) is 0.288. The number of nitrogens with one attached hydrogen (secondary N) is 2. The van der Waals surface area contributed by atoms with Gasteiger partial charge in [-0.25, -0.2) is 13.8 Å². The van der Waals surface area contributed by atoms with Crippen LogP contribution in [0, 0.1) is 11.6 Å². The molecule has 1 saturated carbocycles. The van der Waals surface area contributed by atoms with E-state index in [4.69, 9.17) is 0 Å². The molecule has 0 spiro atoms. The standard InChI is InChI=1S/C31H39F2N3O3S/c1-20(37)36-26(16-21-14-24(32)18-25(33)15-21)27(38)19-35-30(23-7-5-6-22(17-23)29(2,3)4)8-10-31(39,11-9-30)28-34-12-13-40-28/h5-7,12-15,17-18,26-27,35,38-39H,8-11,16,19H2,1-4H3,(H,36,37)/t26-,27+,30?,31?/m0/s1. The Morgan fingerprint density at radius 1 is 1.10 bits per heavy atom. The van der Waals surface area contributed by atoms with E-state index in [1.807, 2.05) is 11.4 Å². The van der Waals surface area contributed by atoms with Gasteiger partial charge in [0.25, 0.3) is 0 Å². The van der Waals surface area contributed by atoms with Crippen LogP contribution in [0.15, 0.2) is 54.0 Å². The van der Waals surface area contributed by atoms with Crippen molar-refractivity contribution < 1.29 is 23.8 Å². The molecule has 0 saturated heterocycles. The van der Waals surface area contributed by atoms with Crippen LogP contribution >= 0.6 is 11.3 Å². The second kappa shape index (κ2) is 12.0. The molecule has 9 heteroatoms. The van der Waals surface area contributed by atoms with Crippen LogP contribution < -0.4 is 10.6 Å². The van der Waals surface area contributed by atoms with Gasteiger partial charge in [0.1, 0.15) is 22.2 Å². The zero-order valence-corrected chi connectivity index (χ0v) is 24.3. The summed E-state index contributed by atoms with van der Waals surface area (Å²) in [6.07, 6.45) is 2.90. The summed E-state index contributed by atoms with van der Waals surface area (Å²) in [4.78, 5) is 16.3. The average molecular weight is 572 g/mol. The fourth-order valence-corrected chi connectivity index (χ4v) is 6.37. The minimum Gasteiger partial charge on any atom is -0.390 e. The Kier molecular flexibility index (Phi) is 9.09. The molecule has 0 aliphatic heterocycles. The molecule has 6 nitrogen and oxygen atoms in total. The molecule has 0 bridgehead atoms. The Hall–Kier alpha value is -2.72. The number of hydrogen-bond donors (Lipinski definition) is 4. The lowest BCUT2D eigenvalue weighted by Gasteiger charge is -2.45. The fourth-order valence-electron chi connectivity index (χ4n) is 5.58. The first-order valence-corrected chi connectivity index (χ1v) is 14.6. The monoisotopic (exact) mass is 571 g/mol. The summed E-state index contributed by atoms with van der Waals surface area (Å²) in [7, 11) is 0. The molecule has 1 aliphatic carbocycles. The number of rotatable bonds is 9. The SMILES string of the molecule is CC(=O)N[C@@H](Cc1cc(F)cc(F)c1)[C@H](O)CNC1(c2cccc(C(C)(C)C)c2)CCC(O)(c2nccs2)CC1. The van der Waals surface area contributed by atoms with Crippen molar-refractivity contribution in [3.63, 3.8) is 0 Å². The van der Waals surface area contributed by atoms with E-state index in [9.17, 15) is 23.8 Å². The van der Waals surface area contributed by atoms with Crippen LogP contribution in [0.3, 0.4) is 0 Å². The van der Waals surface area contributed by atoms with E-state index in [0.717, 1.165) is 11.6 Å². The predicted molar refractivity (Wildman–Crippen MR) is 153 cm³/mol. The molecule has 1 amide bonds. The zero-order valence-electron chi connectivity index (χ0n) is 23.5. The van der Waals surface area contributed by atoms with Gasteiger partial charge in [0.15, 0.2) is 0 Å². The minimum atomic E-state index is -1.04. The van der Waals surface area contributed by atoms with E-state index in [-0.39, 0.29) is 24.3 Å². The molecule has 4 N–H and O–H groups in total. The van der Waals surface area contributed by atoms with Gasteiger partial charge >= 0.3 is 0 Å². The highest BCUT2D eigenvalue weighted by Gasteiger charge is 2.45. The number of aliphatic hydroxyl groups is 2. The van der Waals surface area contributed by atoms with E-state index in [1.54, 1.807) is 6.20 Å². The van der Waals surface area contributed by atoms with E-state index >= 15 is 0 Å². The van der Waals surface area contributed by atoms with Gasteiger partial charge in [-0.05, 0) is 66.3 Å². The number of aliphatic hydroxyl groups excluding tert-OH is 1. The van der Waals surface area contributed by atoms with Gasteiger partial charge < -0.3 is 20.8 Å². The third-order valence-electron chi connectivity index (χ3n) is 7.92. The molecular formula is C31H39F2N3O3S. The van der Waals surface area contributed by atoms with Gasteiger partial charge in [-0.2, -0.15) is 0 Å². The van der Waals surface area contributed by atoms with Gasteiger partial charge in [0.05, 0.1) is 12.1 Å². The highest BCUT2D eigenvalue weighted by atomic mass is 32.1. The van der Waals surface area contributed by atoms with Crippen molar-refractivity contribution in [3.05, 3.63) is 87.4 Å². The molecule has 4 rings (SSSR count). The van der Waals surface area contributed by atoms with Gasteiger partial charge in [-0.1, -0.05) is 45.0 Å². The van der Waals surface area contributed by atoms with Crippen LogP contribution in [0.1, 0.15) is 75.1 Å². The summed E-state index contributed by atoms with van der Waals surface area (Å²) < 4.78 is 27.7. The number of nitrogens with zero attached hydrogens (tertiary/aromatic N) is 1. The van der Waals surface area contributed by atoms with Crippen molar-refractivity contribution >= 4 is 17.2 Å². The lowest BCUT2D eigenvalue weighted by Crippen LogP contribution is -2.54. The molecule has 216 valence electrons. The highest BCUT2D eigenvalue weighted by molar-refractivity contribution is 7.09. The fraction of sp³-hybridized carbons (Fsp3) is 0.484. The Labute approximate surface area is 238 Å². The highest BCUT2D eigenvalue weighted by Crippen LogP contribution is 2.46. The number of benzene rings is 2. The van der Waals surface area contributed by atoms with Crippen molar-refractivity contribution in [2.24, 2.45) is 0 Å². The van der Waals surface area contributed by atoms with Crippen molar-refractivity contribution in [1.29, 1.82) is 0 Å². The number of hydrogen-bond acceptors (Lipinski definition) is 6. The maximum Gasteiger partial charge on any atom is 0.217 e. The molecule has 0 unspecified atom stereocenters. The van der Waals surface area contributed by atoms with Gasteiger partial charge in [-0.3, -0.25) is 4.79 Å². The first kappa shape index (κ1) is 30.2. The Morgan fingerprint density at radius 2 is 1.77 bits per heavy atom. The Bertz CT molecular complexity index is 1280. The number of aromatic nitrogens is 1. The van der Waals surface area contributed by atoms with Gasteiger partial charge in [-0.15, -0.1) is 11.3 Å². The summed E-state index contributed by atoms with van der Waals surface area (Å²) in [5, 5.41) is 31.6. The van der Waals surface area contributed by atoms with Crippen molar-refractivity contribution in [3.8, 4) is 0 Å². The van der Waals surface area contributed by atoms with Crippen LogP contribution in [0.5, 0.6) is 0 Å². The molecular weight excluding hydrogens is 532 g/mol. The summed E-state index contributed by atoms with van der Waals surface area (Å²) in [6, 6.07) is 10.8. The zero-order chi connectivity index (χ0) is 29.1. The smallest absolute Gasteiger partial charge is 0.217 e. The number of amides is 1. The molecule has 1 heterocycles. The lowest BCUT2D eigenvalue weighted by molar-refractivity contribution is -0.120. The summed E-state index contributed by atoms with van der Waals surface area (Å²) >= 11 is 1.45. The number of carbonyl (C=O) groups is 1. The first-order chi connectivity index (χ1) is 18.8. The normalized spacial score (nSPS) is 23.0. The van der Waals surface area contributed by atoms with Crippen LogP contribution in [-0.2, 0) is 27.8 Å². The van der Waals surface area contributed by atoms with Crippen LogP contribution in [0.25, 0.3) is 0 Å². The van der Waals surface area contributed by atoms with Crippen LogP contribution in [0.4, 0.5) is 8.78 Å². The molecule has 0 radical (unpaired) electrons. The number of thiazole rings is 1. The largest absolute Gasteiger partial charge is 0.390 e. The molecule has 2 aromatic carbocycles. The Balaban J connectivity index is 1.59. The predicted octanol–water partition coefficient (Wildman–Crippen LogP) is 5.07. The van der Waals surface area contributed by atoms with Crippen molar-refractivity contribution in [2.45, 2.75) is 88.5 Å².